The molecule has 0 unspecified atom stereocenters. The molecule has 23 heavy (non-hydrogen) atoms. The fourth-order valence-corrected chi connectivity index (χ4v) is 3.13. The number of anilines is 1. The molecular formula is C17H20FN3O2. The lowest BCUT2D eigenvalue weighted by Crippen LogP contribution is -2.19. The number of nitrogens with one attached hydrogen (secondary N) is 1. The van der Waals surface area contributed by atoms with Crippen molar-refractivity contribution >= 4 is 11.8 Å². The van der Waals surface area contributed by atoms with Gasteiger partial charge in [-0.2, -0.15) is 9.49 Å². The van der Waals surface area contributed by atoms with Crippen LogP contribution in [0.1, 0.15) is 37.1 Å². The fourth-order valence-electron chi connectivity index (χ4n) is 3.13. The van der Waals surface area contributed by atoms with E-state index in [1.54, 1.807) is 6.92 Å². The number of hydrogen-bond acceptors (Lipinski definition) is 3. The summed E-state index contributed by atoms with van der Waals surface area (Å²) >= 11 is 0. The Kier molecular flexibility index (Phi) is 3.62. The molecule has 1 heterocycles. The van der Waals surface area contributed by atoms with Crippen molar-refractivity contribution in [2.45, 2.75) is 39.0 Å². The maximum atomic E-state index is 13.8. The van der Waals surface area contributed by atoms with Gasteiger partial charge in [0.25, 0.3) is 5.95 Å². The molecule has 0 fully saturated rings. The second kappa shape index (κ2) is 5.37. The van der Waals surface area contributed by atoms with Crippen LogP contribution in [0.5, 0.6) is 5.75 Å². The van der Waals surface area contributed by atoms with Crippen LogP contribution in [-0.2, 0) is 18.9 Å². The van der Waals surface area contributed by atoms with Crippen LogP contribution >= 0.6 is 0 Å². The second-order valence-corrected chi connectivity index (χ2v) is 6.56. The highest BCUT2D eigenvalue weighted by molar-refractivity contribution is 5.88. The minimum Gasteiger partial charge on any atom is -0.403 e. The number of aryl methyl sites for hydroxylation is 2. The largest absolute Gasteiger partial charge is 0.417 e. The first-order valence-electron chi connectivity index (χ1n) is 7.60. The molecule has 0 atom stereocenters. The van der Waals surface area contributed by atoms with Crippen LogP contribution in [0.15, 0.2) is 18.2 Å². The lowest BCUT2D eigenvalue weighted by molar-refractivity contribution is 0.212. The summed E-state index contributed by atoms with van der Waals surface area (Å²) in [5.74, 6) is -0.810. The molecule has 0 bridgehead atoms. The standard InChI is InChI=1S/C17H20FN3O2/c1-10-14(15(18)21(4)20-10)23-16(22)19-13-7-5-6-12-11(13)8-9-17(12,2)3/h5-7H,8-9H2,1-4H3,(H,19,22). The van der Waals surface area contributed by atoms with E-state index in [1.165, 1.54) is 12.6 Å². The summed E-state index contributed by atoms with van der Waals surface area (Å²) in [4.78, 5) is 12.1. The van der Waals surface area contributed by atoms with E-state index in [2.05, 4.69) is 30.3 Å². The third-order valence-electron chi connectivity index (χ3n) is 4.44. The van der Waals surface area contributed by atoms with Crippen molar-refractivity contribution < 1.29 is 13.9 Å². The Hall–Kier alpha value is -2.37. The summed E-state index contributed by atoms with van der Waals surface area (Å²) in [6.45, 7) is 5.97. The van der Waals surface area contributed by atoms with Gasteiger partial charge < -0.3 is 4.74 Å². The predicted octanol–water partition coefficient (Wildman–Crippen LogP) is 3.70. The van der Waals surface area contributed by atoms with Gasteiger partial charge in [-0.3, -0.25) is 5.32 Å². The van der Waals surface area contributed by atoms with Crippen LogP contribution in [0.4, 0.5) is 14.9 Å². The van der Waals surface area contributed by atoms with Crippen LogP contribution in [0.3, 0.4) is 0 Å². The van der Waals surface area contributed by atoms with Gasteiger partial charge in [0, 0.05) is 12.7 Å². The molecule has 1 aliphatic carbocycles. The van der Waals surface area contributed by atoms with E-state index in [0.29, 0.717) is 5.69 Å². The van der Waals surface area contributed by atoms with Gasteiger partial charge in [-0.1, -0.05) is 26.0 Å². The molecule has 3 rings (SSSR count). The van der Waals surface area contributed by atoms with E-state index in [-0.39, 0.29) is 11.2 Å². The van der Waals surface area contributed by atoms with Crippen molar-refractivity contribution in [2.75, 3.05) is 5.32 Å². The third-order valence-corrected chi connectivity index (χ3v) is 4.44. The zero-order valence-electron chi connectivity index (χ0n) is 13.7. The molecular weight excluding hydrogens is 297 g/mol. The summed E-state index contributed by atoms with van der Waals surface area (Å²) in [5.41, 5.74) is 3.51. The van der Waals surface area contributed by atoms with Crippen LogP contribution in [0, 0.1) is 12.9 Å². The maximum Gasteiger partial charge on any atom is 0.417 e. The summed E-state index contributed by atoms with van der Waals surface area (Å²) in [5, 5.41) is 6.61. The molecule has 0 aliphatic heterocycles. The zero-order chi connectivity index (χ0) is 16.8. The molecule has 0 spiro atoms. The Morgan fingerprint density at radius 2 is 2.17 bits per heavy atom. The molecule has 0 radical (unpaired) electrons. The van der Waals surface area contributed by atoms with Gasteiger partial charge in [0.1, 0.15) is 5.69 Å². The van der Waals surface area contributed by atoms with Crippen molar-refractivity contribution in [3.05, 3.63) is 41.0 Å². The van der Waals surface area contributed by atoms with Gasteiger partial charge in [-0.15, -0.1) is 0 Å². The van der Waals surface area contributed by atoms with Gasteiger partial charge in [0.2, 0.25) is 5.75 Å². The summed E-state index contributed by atoms with van der Waals surface area (Å²) in [7, 11) is 1.46. The molecule has 1 aromatic heterocycles. The number of carbonyl (C=O) groups is 1. The second-order valence-electron chi connectivity index (χ2n) is 6.56. The molecule has 1 amide bonds. The molecule has 122 valence electrons. The van der Waals surface area contributed by atoms with E-state index in [1.807, 2.05) is 12.1 Å². The molecule has 0 saturated carbocycles. The smallest absolute Gasteiger partial charge is 0.403 e. The average Bonchev–Trinajstić information content (AvgIpc) is 2.91. The monoisotopic (exact) mass is 317 g/mol. The highest BCUT2D eigenvalue weighted by Gasteiger charge is 2.31. The first kappa shape index (κ1) is 15.5. The Bertz CT molecular complexity index is 780. The van der Waals surface area contributed by atoms with E-state index >= 15 is 0 Å². The maximum absolute atomic E-state index is 13.8. The molecule has 0 saturated heterocycles. The van der Waals surface area contributed by atoms with Crippen molar-refractivity contribution in [3.8, 4) is 5.75 Å². The van der Waals surface area contributed by atoms with Gasteiger partial charge in [-0.25, -0.2) is 9.48 Å². The van der Waals surface area contributed by atoms with E-state index in [4.69, 9.17) is 4.74 Å². The number of fused-ring (bicyclic) bond motifs is 1. The number of halogens is 1. The minimum absolute atomic E-state index is 0.100. The molecule has 1 aromatic carbocycles. The average molecular weight is 317 g/mol. The quantitative estimate of drug-likeness (QED) is 0.919. The highest BCUT2D eigenvalue weighted by atomic mass is 19.1. The van der Waals surface area contributed by atoms with Crippen LogP contribution < -0.4 is 10.1 Å². The lowest BCUT2D eigenvalue weighted by Gasteiger charge is -2.19. The van der Waals surface area contributed by atoms with Gasteiger partial charge in [-0.05, 0) is 42.4 Å². The number of rotatable bonds is 2. The molecule has 5 nitrogen and oxygen atoms in total. The number of carbonyl (C=O) groups excluding carboxylic acids is 1. The minimum atomic E-state index is -0.710. The highest BCUT2D eigenvalue weighted by Crippen LogP contribution is 2.41. The number of benzene rings is 1. The molecule has 2 aromatic rings. The SMILES string of the molecule is Cc1nn(C)c(F)c1OC(=O)Nc1cccc2c1CCC2(C)C. The first-order valence-corrected chi connectivity index (χ1v) is 7.60. The number of nitrogens with zero attached hydrogens (tertiary/aromatic N) is 2. The summed E-state index contributed by atoms with van der Waals surface area (Å²) < 4.78 is 20.0. The van der Waals surface area contributed by atoms with Crippen LogP contribution in [-0.4, -0.2) is 15.9 Å². The normalized spacial score (nSPS) is 15.3. The Balaban J connectivity index is 1.81. The molecule has 1 N–H and O–H groups in total. The number of hydrogen-bond donors (Lipinski definition) is 1. The number of ether oxygens (including phenoxy) is 1. The zero-order valence-corrected chi connectivity index (χ0v) is 13.7. The Morgan fingerprint density at radius 3 is 2.83 bits per heavy atom. The lowest BCUT2D eigenvalue weighted by atomic mass is 9.86. The molecule has 6 heteroatoms. The van der Waals surface area contributed by atoms with Gasteiger partial charge in [0.05, 0.1) is 0 Å². The Labute approximate surface area is 134 Å². The summed E-state index contributed by atoms with van der Waals surface area (Å²) in [6, 6.07) is 5.84. The van der Waals surface area contributed by atoms with Gasteiger partial charge in [0.15, 0.2) is 0 Å². The first-order chi connectivity index (χ1) is 10.8. The number of aromatic nitrogens is 2. The van der Waals surface area contributed by atoms with Crippen molar-refractivity contribution in [1.82, 2.24) is 9.78 Å². The fraction of sp³-hybridized carbons (Fsp3) is 0.412. The summed E-state index contributed by atoms with van der Waals surface area (Å²) in [6.07, 6.45) is 1.23. The van der Waals surface area contributed by atoms with Gasteiger partial charge >= 0.3 is 6.09 Å². The van der Waals surface area contributed by atoms with Crippen molar-refractivity contribution in [2.24, 2.45) is 7.05 Å². The van der Waals surface area contributed by atoms with Crippen LogP contribution in [0.25, 0.3) is 0 Å². The molecule has 1 aliphatic rings. The van der Waals surface area contributed by atoms with Crippen molar-refractivity contribution in [1.29, 1.82) is 0 Å². The van der Waals surface area contributed by atoms with Crippen molar-refractivity contribution in [3.63, 3.8) is 0 Å². The Morgan fingerprint density at radius 1 is 1.43 bits per heavy atom. The van der Waals surface area contributed by atoms with E-state index < -0.39 is 12.0 Å². The van der Waals surface area contributed by atoms with E-state index in [0.717, 1.165) is 28.8 Å². The third kappa shape index (κ3) is 2.69. The topological polar surface area (TPSA) is 56.2 Å². The van der Waals surface area contributed by atoms with Crippen LogP contribution in [0.2, 0.25) is 0 Å². The van der Waals surface area contributed by atoms with E-state index in [9.17, 15) is 9.18 Å². The predicted molar refractivity (Wildman–Crippen MR) is 85.3 cm³/mol. The number of amides is 1.